The molecule has 1 aliphatic heterocycles. The van der Waals surface area contributed by atoms with E-state index in [1.807, 2.05) is 0 Å². The van der Waals surface area contributed by atoms with Crippen LogP contribution in [0.1, 0.15) is 95.0 Å². The molecule has 3 rings (SSSR count). The van der Waals surface area contributed by atoms with E-state index in [0.29, 0.717) is 12.0 Å². The van der Waals surface area contributed by atoms with Gasteiger partial charge in [0.1, 0.15) is 0 Å². The summed E-state index contributed by atoms with van der Waals surface area (Å²) in [6, 6.07) is 11.7. The molecule has 0 aromatic heterocycles. The molecule has 0 amide bonds. The van der Waals surface area contributed by atoms with E-state index in [2.05, 4.69) is 35.6 Å². The number of nitrogens with zero attached hydrogens (tertiary/aromatic N) is 1. The fraction of sp³-hybridized carbons (Fsp3) is 0.696. The van der Waals surface area contributed by atoms with Gasteiger partial charge in [0, 0.05) is 24.9 Å². The fourth-order valence-electron chi connectivity index (χ4n) is 4.50. The van der Waals surface area contributed by atoms with Crippen LogP contribution in [0.2, 0.25) is 0 Å². The van der Waals surface area contributed by atoms with Crippen molar-refractivity contribution in [3.8, 4) is 0 Å². The van der Waals surface area contributed by atoms with Gasteiger partial charge in [-0.25, -0.2) is 0 Å². The Kier molecular flexibility index (Phi) is 7.86. The van der Waals surface area contributed by atoms with Crippen molar-refractivity contribution < 1.29 is 0 Å². The van der Waals surface area contributed by atoms with Crippen LogP contribution in [-0.4, -0.2) is 18.4 Å². The maximum Gasteiger partial charge on any atom is 0.0965 e. The predicted molar refractivity (Wildman–Crippen MR) is 108 cm³/mol. The van der Waals surface area contributed by atoms with Crippen LogP contribution in [-0.2, 0) is 0 Å². The van der Waals surface area contributed by atoms with E-state index in [1.54, 1.807) is 0 Å². The highest BCUT2D eigenvalue weighted by Crippen LogP contribution is 2.34. The average molecular weight is 341 g/mol. The summed E-state index contributed by atoms with van der Waals surface area (Å²) in [7, 11) is 0. The highest BCUT2D eigenvalue weighted by Gasteiger charge is 2.28. The third-order valence-corrected chi connectivity index (χ3v) is 5.97. The third kappa shape index (κ3) is 6.17. The quantitative estimate of drug-likeness (QED) is 0.678. The zero-order chi connectivity index (χ0) is 17.2. The van der Waals surface area contributed by atoms with Gasteiger partial charge in [-0.2, -0.15) is 0 Å². The van der Waals surface area contributed by atoms with Crippen LogP contribution in [0, 0.1) is 0 Å². The van der Waals surface area contributed by atoms with Gasteiger partial charge in [0.25, 0.3) is 0 Å². The van der Waals surface area contributed by atoms with Crippen LogP contribution in [0.4, 0.5) is 0 Å². The second-order valence-corrected chi connectivity index (χ2v) is 7.96. The SMILES string of the molecule is c1ccc([C@H]2CCCC2NC2=NCCCCCCCCCCC2)cc1. The van der Waals surface area contributed by atoms with Gasteiger partial charge in [-0.3, -0.25) is 4.99 Å². The number of hydrogen-bond donors (Lipinski definition) is 1. The van der Waals surface area contributed by atoms with E-state index in [4.69, 9.17) is 4.99 Å². The van der Waals surface area contributed by atoms with Gasteiger partial charge in [0.05, 0.1) is 5.84 Å². The van der Waals surface area contributed by atoms with E-state index in [9.17, 15) is 0 Å². The summed E-state index contributed by atoms with van der Waals surface area (Å²) in [5.74, 6) is 1.96. The summed E-state index contributed by atoms with van der Waals surface area (Å²) in [4.78, 5) is 4.98. The molecular weight excluding hydrogens is 304 g/mol. The largest absolute Gasteiger partial charge is 0.370 e. The van der Waals surface area contributed by atoms with Crippen molar-refractivity contribution in [1.82, 2.24) is 5.32 Å². The lowest BCUT2D eigenvalue weighted by Crippen LogP contribution is -2.36. The molecule has 1 heterocycles. The Bertz CT molecular complexity index is 508. The fourth-order valence-corrected chi connectivity index (χ4v) is 4.50. The topological polar surface area (TPSA) is 24.4 Å². The van der Waals surface area contributed by atoms with Crippen molar-refractivity contribution in [3.05, 3.63) is 35.9 Å². The normalized spacial score (nSPS) is 26.8. The first kappa shape index (κ1) is 18.5. The van der Waals surface area contributed by atoms with Crippen LogP contribution < -0.4 is 5.32 Å². The molecule has 2 atom stereocenters. The molecular formula is C23H36N2. The molecule has 1 unspecified atom stereocenters. The number of hydrogen-bond acceptors (Lipinski definition) is 2. The van der Waals surface area contributed by atoms with Crippen molar-refractivity contribution in [3.63, 3.8) is 0 Å². The molecule has 138 valence electrons. The summed E-state index contributed by atoms with van der Waals surface area (Å²) in [6.07, 6.45) is 17.5. The Balaban J connectivity index is 1.59. The standard InChI is InChI=1S/C23H36N2/c1-2-4-6-11-18-23(24-19-12-7-5-3-1)25-22-17-13-16-21(22)20-14-9-8-10-15-20/h8-10,14-15,21-22H,1-7,11-13,16-19H2,(H,24,25)/t21-,22?/m1/s1. The minimum absolute atomic E-state index is 0.580. The Morgan fingerprint density at radius 1 is 0.720 bits per heavy atom. The molecule has 2 aliphatic rings. The molecule has 0 saturated heterocycles. The highest BCUT2D eigenvalue weighted by atomic mass is 15.0. The van der Waals surface area contributed by atoms with Gasteiger partial charge >= 0.3 is 0 Å². The predicted octanol–water partition coefficient (Wildman–Crippen LogP) is 6.23. The molecule has 25 heavy (non-hydrogen) atoms. The van der Waals surface area contributed by atoms with Crippen LogP contribution in [0.3, 0.4) is 0 Å². The number of amidine groups is 1. The maximum absolute atomic E-state index is 4.98. The molecule has 2 nitrogen and oxygen atoms in total. The maximum atomic E-state index is 4.98. The average Bonchev–Trinajstić information content (AvgIpc) is 3.11. The van der Waals surface area contributed by atoms with Crippen molar-refractivity contribution in [2.45, 2.75) is 95.4 Å². The van der Waals surface area contributed by atoms with Crippen molar-refractivity contribution in [2.75, 3.05) is 6.54 Å². The van der Waals surface area contributed by atoms with Gasteiger partial charge in [-0.15, -0.1) is 0 Å². The van der Waals surface area contributed by atoms with E-state index in [0.717, 1.165) is 13.0 Å². The minimum atomic E-state index is 0.580. The number of rotatable bonds is 2. The zero-order valence-electron chi connectivity index (χ0n) is 15.9. The molecule has 1 aromatic carbocycles. The molecule has 1 aliphatic carbocycles. The van der Waals surface area contributed by atoms with Crippen LogP contribution in [0.25, 0.3) is 0 Å². The Morgan fingerprint density at radius 3 is 2.16 bits per heavy atom. The van der Waals surface area contributed by atoms with Crippen molar-refractivity contribution in [1.29, 1.82) is 0 Å². The molecule has 0 bridgehead atoms. The number of benzene rings is 1. The summed E-state index contributed by atoms with van der Waals surface area (Å²) >= 11 is 0. The first-order chi connectivity index (χ1) is 12.4. The molecule has 1 N–H and O–H groups in total. The monoisotopic (exact) mass is 340 g/mol. The zero-order valence-corrected chi connectivity index (χ0v) is 15.9. The van der Waals surface area contributed by atoms with Gasteiger partial charge in [-0.05, 0) is 31.2 Å². The van der Waals surface area contributed by atoms with E-state index < -0.39 is 0 Å². The highest BCUT2D eigenvalue weighted by molar-refractivity contribution is 5.82. The van der Waals surface area contributed by atoms with Gasteiger partial charge in [-0.1, -0.05) is 81.7 Å². The number of aliphatic imine (C=N–C) groups is 1. The summed E-state index contributed by atoms with van der Waals surface area (Å²) in [5, 5.41) is 3.88. The van der Waals surface area contributed by atoms with Crippen molar-refractivity contribution >= 4 is 5.84 Å². The minimum Gasteiger partial charge on any atom is -0.370 e. The second kappa shape index (κ2) is 10.6. The molecule has 0 radical (unpaired) electrons. The molecule has 1 fully saturated rings. The summed E-state index contributed by atoms with van der Waals surface area (Å²) < 4.78 is 0. The lowest BCUT2D eigenvalue weighted by Gasteiger charge is -2.23. The summed E-state index contributed by atoms with van der Waals surface area (Å²) in [5.41, 5.74) is 1.50. The van der Waals surface area contributed by atoms with Crippen LogP contribution in [0.15, 0.2) is 35.3 Å². The smallest absolute Gasteiger partial charge is 0.0965 e. The summed E-state index contributed by atoms with van der Waals surface area (Å²) in [6.45, 7) is 1.02. The van der Waals surface area contributed by atoms with E-state index >= 15 is 0 Å². The molecule has 1 aromatic rings. The van der Waals surface area contributed by atoms with E-state index in [-0.39, 0.29) is 0 Å². The second-order valence-electron chi connectivity index (χ2n) is 7.96. The van der Waals surface area contributed by atoms with Gasteiger partial charge in [0.2, 0.25) is 0 Å². The molecule has 1 saturated carbocycles. The lowest BCUT2D eigenvalue weighted by molar-refractivity contribution is 0.547. The van der Waals surface area contributed by atoms with Crippen molar-refractivity contribution in [2.24, 2.45) is 4.99 Å². The first-order valence-corrected chi connectivity index (χ1v) is 10.8. The Labute approximate surface area is 154 Å². The van der Waals surface area contributed by atoms with Crippen LogP contribution >= 0.6 is 0 Å². The Hall–Kier alpha value is -1.31. The van der Waals surface area contributed by atoms with E-state index in [1.165, 1.54) is 88.4 Å². The lowest BCUT2D eigenvalue weighted by atomic mass is 9.94. The third-order valence-electron chi connectivity index (χ3n) is 5.97. The van der Waals surface area contributed by atoms with Gasteiger partial charge < -0.3 is 5.32 Å². The first-order valence-electron chi connectivity index (χ1n) is 10.8. The molecule has 0 spiro atoms. The van der Waals surface area contributed by atoms with Gasteiger partial charge in [0.15, 0.2) is 0 Å². The Morgan fingerprint density at radius 2 is 1.40 bits per heavy atom. The number of nitrogens with one attached hydrogen (secondary N) is 1. The van der Waals surface area contributed by atoms with Crippen LogP contribution in [0.5, 0.6) is 0 Å². The molecule has 2 heteroatoms.